The van der Waals surface area contributed by atoms with Crippen LogP contribution in [-0.2, 0) is 27.1 Å². The van der Waals surface area contributed by atoms with Crippen LogP contribution in [0.25, 0.3) is 0 Å². The highest BCUT2D eigenvalue weighted by Crippen LogP contribution is 2.26. The smallest absolute Gasteiger partial charge is 0.216 e. The molecule has 1 atom stereocenters. The molecule has 1 aliphatic heterocycles. The molecule has 6 nitrogen and oxygen atoms in total. The monoisotopic (exact) mass is 317 g/mol. The van der Waals surface area contributed by atoms with E-state index in [-0.39, 0.29) is 0 Å². The number of piperidine rings is 1. The van der Waals surface area contributed by atoms with E-state index in [1.165, 1.54) is 24.2 Å². The van der Waals surface area contributed by atoms with Gasteiger partial charge >= 0.3 is 0 Å². The summed E-state index contributed by atoms with van der Waals surface area (Å²) in [5.74, 6) is 2.74. The first-order valence-corrected chi connectivity index (χ1v) is 8.33. The van der Waals surface area contributed by atoms with Crippen molar-refractivity contribution >= 4 is 0 Å². The van der Waals surface area contributed by atoms with Crippen molar-refractivity contribution in [2.45, 2.75) is 32.7 Å². The average Bonchev–Trinajstić information content (AvgIpc) is 3.03. The van der Waals surface area contributed by atoms with E-state index in [4.69, 9.17) is 4.74 Å². The summed E-state index contributed by atoms with van der Waals surface area (Å²) < 4.78 is 9.49. The van der Waals surface area contributed by atoms with Gasteiger partial charge in [-0.15, -0.1) is 0 Å². The zero-order chi connectivity index (χ0) is 16.4. The summed E-state index contributed by atoms with van der Waals surface area (Å²) >= 11 is 0. The third kappa shape index (κ3) is 3.42. The second-order valence-corrected chi connectivity index (χ2v) is 6.60. The minimum absolute atomic E-state index is 0.674. The Kier molecular flexibility index (Phi) is 4.71. The Morgan fingerprint density at radius 1 is 1.35 bits per heavy atom. The Morgan fingerprint density at radius 2 is 2.17 bits per heavy atom. The highest BCUT2D eigenvalue weighted by Gasteiger charge is 2.24. The molecule has 0 unspecified atom stereocenters. The lowest BCUT2D eigenvalue weighted by atomic mass is 9.94. The summed E-state index contributed by atoms with van der Waals surface area (Å²) in [6, 6.07) is 0. The molecule has 1 fully saturated rings. The molecule has 0 N–H and O–H groups in total. The van der Waals surface area contributed by atoms with Crippen molar-refractivity contribution < 1.29 is 4.74 Å². The van der Waals surface area contributed by atoms with E-state index in [1.807, 2.05) is 24.1 Å². The molecule has 0 aliphatic carbocycles. The predicted molar refractivity (Wildman–Crippen MR) is 89.4 cm³/mol. The van der Waals surface area contributed by atoms with E-state index in [1.54, 1.807) is 7.11 Å². The molecule has 2 aromatic rings. The molecule has 0 saturated carbocycles. The van der Waals surface area contributed by atoms with Crippen LogP contribution in [0.2, 0.25) is 0 Å². The van der Waals surface area contributed by atoms with Gasteiger partial charge in [-0.2, -0.15) is 5.10 Å². The van der Waals surface area contributed by atoms with Gasteiger partial charge in [-0.3, -0.25) is 4.90 Å². The van der Waals surface area contributed by atoms with Crippen molar-refractivity contribution in [1.29, 1.82) is 0 Å². The maximum Gasteiger partial charge on any atom is 0.216 e. The van der Waals surface area contributed by atoms with E-state index >= 15 is 0 Å². The Morgan fingerprint density at radius 3 is 2.87 bits per heavy atom. The summed E-state index contributed by atoms with van der Waals surface area (Å²) in [6.07, 6.45) is 7.51. The quantitative estimate of drug-likeness (QED) is 0.845. The fourth-order valence-electron chi connectivity index (χ4n) is 3.65. The van der Waals surface area contributed by atoms with Gasteiger partial charge < -0.3 is 9.30 Å². The third-order valence-electron chi connectivity index (χ3n) is 4.86. The number of rotatable bonds is 5. The summed E-state index contributed by atoms with van der Waals surface area (Å²) in [6.45, 7) is 5.24. The second-order valence-electron chi connectivity index (χ2n) is 6.60. The Hall–Kier alpha value is -1.82. The van der Waals surface area contributed by atoms with Crippen molar-refractivity contribution in [3.63, 3.8) is 0 Å². The van der Waals surface area contributed by atoms with Crippen molar-refractivity contribution in [3.05, 3.63) is 29.5 Å². The predicted octanol–water partition coefficient (Wildman–Crippen LogP) is 1.93. The Labute approximate surface area is 138 Å². The van der Waals surface area contributed by atoms with Crippen LogP contribution in [0.4, 0.5) is 0 Å². The number of hydrogen-bond donors (Lipinski definition) is 0. The van der Waals surface area contributed by atoms with E-state index < -0.39 is 0 Å². The van der Waals surface area contributed by atoms with Crippen LogP contribution in [0.15, 0.2) is 12.4 Å². The van der Waals surface area contributed by atoms with Crippen molar-refractivity contribution in [2.75, 3.05) is 20.2 Å². The van der Waals surface area contributed by atoms with Crippen molar-refractivity contribution in [1.82, 2.24) is 24.2 Å². The van der Waals surface area contributed by atoms with E-state index in [0.29, 0.717) is 5.92 Å². The molecule has 3 rings (SSSR count). The van der Waals surface area contributed by atoms with E-state index in [9.17, 15) is 0 Å². The fraction of sp³-hybridized carbons (Fsp3) is 0.647. The fourth-order valence-corrected chi connectivity index (χ4v) is 3.65. The molecule has 0 spiro atoms. The molecule has 6 heteroatoms. The van der Waals surface area contributed by atoms with Crippen molar-refractivity contribution in [2.24, 2.45) is 20.0 Å². The standard InChI is InChI=1S/C17H27N5O/c1-13-15(17(23-4)21(3)19-13)12-22-8-5-6-14(11-22)10-16-18-7-9-20(16)2/h7,9,14H,5-6,8,10-12H2,1-4H3/t14-/m1/s1. The van der Waals surface area contributed by atoms with Crippen LogP contribution < -0.4 is 4.74 Å². The van der Waals surface area contributed by atoms with Crippen LogP contribution in [0.3, 0.4) is 0 Å². The minimum atomic E-state index is 0.674. The lowest BCUT2D eigenvalue weighted by Crippen LogP contribution is -2.36. The van der Waals surface area contributed by atoms with Crippen LogP contribution in [0.1, 0.15) is 29.9 Å². The maximum absolute atomic E-state index is 5.53. The maximum atomic E-state index is 5.53. The number of aryl methyl sites for hydroxylation is 3. The van der Waals surface area contributed by atoms with Gasteiger partial charge in [-0.1, -0.05) is 0 Å². The number of aromatic nitrogens is 4. The van der Waals surface area contributed by atoms with Gasteiger partial charge in [0.15, 0.2) is 0 Å². The Balaban J connectivity index is 1.66. The van der Waals surface area contributed by atoms with Crippen molar-refractivity contribution in [3.8, 4) is 5.88 Å². The summed E-state index contributed by atoms with van der Waals surface area (Å²) in [5.41, 5.74) is 2.28. The molecule has 0 bridgehead atoms. The normalized spacial score (nSPS) is 19.2. The first-order chi connectivity index (χ1) is 11.1. The van der Waals surface area contributed by atoms with Crippen LogP contribution >= 0.6 is 0 Å². The molecule has 2 aromatic heterocycles. The molecule has 0 aromatic carbocycles. The van der Waals surface area contributed by atoms with E-state index in [2.05, 4.69) is 33.5 Å². The summed E-state index contributed by atoms with van der Waals surface area (Å²) in [4.78, 5) is 7.01. The number of nitrogens with zero attached hydrogens (tertiary/aromatic N) is 5. The van der Waals surface area contributed by atoms with Crippen LogP contribution in [0.5, 0.6) is 5.88 Å². The second kappa shape index (κ2) is 6.74. The lowest BCUT2D eigenvalue weighted by molar-refractivity contribution is 0.163. The van der Waals surface area contributed by atoms with Gasteiger partial charge in [0.2, 0.25) is 5.88 Å². The molecular formula is C17H27N5O. The Bertz CT molecular complexity index is 660. The number of likely N-dealkylation sites (tertiary alicyclic amines) is 1. The lowest BCUT2D eigenvalue weighted by Gasteiger charge is -2.32. The minimum Gasteiger partial charge on any atom is -0.481 e. The average molecular weight is 317 g/mol. The highest BCUT2D eigenvalue weighted by molar-refractivity contribution is 5.30. The third-order valence-corrected chi connectivity index (χ3v) is 4.86. The van der Waals surface area contributed by atoms with Gasteiger partial charge in [-0.25, -0.2) is 9.67 Å². The molecule has 0 radical (unpaired) electrons. The molecule has 0 amide bonds. The SMILES string of the molecule is COc1c(CN2CCC[C@H](Cc3nccn3C)C2)c(C)nn1C. The zero-order valence-corrected chi connectivity index (χ0v) is 14.6. The highest BCUT2D eigenvalue weighted by atomic mass is 16.5. The van der Waals surface area contributed by atoms with Crippen LogP contribution in [-0.4, -0.2) is 44.4 Å². The molecule has 1 aliphatic rings. The summed E-state index contributed by atoms with van der Waals surface area (Å²) in [7, 11) is 5.74. The summed E-state index contributed by atoms with van der Waals surface area (Å²) in [5, 5.41) is 4.49. The first-order valence-electron chi connectivity index (χ1n) is 8.33. The van der Waals surface area contributed by atoms with Gasteiger partial charge in [0.05, 0.1) is 18.4 Å². The van der Waals surface area contributed by atoms with Crippen LogP contribution in [0, 0.1) is 12.8 Å². The molecule has 126 valence electrons. The van der Waals surface area contributed by atoms with Gasteiger partial charge in [0.1, 0.15) is 5.82 Å². The number of ether oxygens (including phenoxy) is 1. The van der Waals surface area contributed by atoms with Gasteiger partial charge in [0.25, 0.3) is 0 Å². The number of imidazole rings is 1. The number of hydrogen-bond acceptors (Lipinski definition) is 4. The van der Waals surface area contributed by atoms with E-state index in [0.717, 1.165) is 37.6 Å². The van der Waals surface area contributed by atoms with Gasteiger partial charge in [-0.05, 0) is 32.2 Å². The topological polar surface area (TPSA) is 48.1 Å². The molecule has 23 heavy (non-hydrogen) atoms. The zero-order valence-electron chi connectivity index (χ0n) is 14.6. The number of methoxy groups -OCH3 is 1. The molecule has 3 heterocycles. The molecule has 1 saturated heterocycles. The van der Waals surface area contributed by atoms with Gasteiger partial charge in [0, 0.05) is 46.0 Å². The first kappa shape index (κ1) is 16.1. The molecular weight excluding hydrogens is 290 g/mol. The largest absolute Gasteiger partial charge is 0.481 e.